The number of nitrogens with one attached hydrogen (secondary N) is 2. The average Bonchev–Trinajstić information content (AvgIpc) is 2.36. The molecule has 0 saturated carbocycles. The third-order valence-corrected chi connectivity index (χ3v) is 3.94. The molecule has 2 rings (SSSR count). The Balaban J connectivity index is 2.39. The first-order valence-corrected chi connectivity index (χ1v) is 6.79. The molecule has 1 amide bonds. The number of aromatic nitrogens is 1. The van der Waals surface area contributed by atoms with Crippen molar-refractivity contribution in [2.24, 2.45) is 0 Å². The molecule has 0 unspecified atom stereocenters. The maximum atomic E-state index is 12.3. The smallest absolute Gasteiger partial charge is 0.268 e. The van der Waals surface area contributed by atoms with Gasteiger partial charge in [-0.3, -0.25) is 9.59 Å². The van der Waals surface area contributed by atoms with E-state index < -0.39 is 17.0 Å². The summed E-state index contributed by atoms with van der Waals surface area (Å²) in [5.41, 5.74) is -1.37. The van der Waals surface area contributed by atoms with Crippen LogP contribution in [0.4, 0.5) is 0 Å². The lowest BCUT2D eigenvalue weighted by molar-refractivity contribution is -0.00301. The van der Waals surface area contributed by atoms with Gasteiger partial charge in [-0.25, -0.2) is 0 Å². The van der Waals surface area contributed by atoms with Gasteiger partial charge in [-0.2, -0.15) is 0 Å². The summed E-state index contributed by atoms with van der Waals surface area (Å²) in [7, 11) is 0. The molecule has 112 valence electrons. The Kier molecular flexibility index (Phi) is 3.63. The summed E-state index contributed by atoms with van der Waals surface area (Å²) < 4.78 is 0. The summed E-state index contributed by atoms with van der Waals surface area (Å²) in [4.78, 5) is 27.3. The molecule has 0 atom stereocenters. The number of benzene rings is 1. The second kappa shape index (κ2) is 5.00. The number of hydrogen-bond acceptors (Lipinski definition) is 3. The molecule has 1 heterocycles. The Morgan fingerprint density at radius 3 is 2.43 bits per heavy atom. The maximum Gasteiger partial charge on any atom is 0.268 e. The molecule has 0 spiro atoms. The number of aromatic amines is 1. The second-order valence-corrected chi connectivity index (χ2v) is 6.23. The van der Waals surface area contributed by atoms with Crippen LogP contribution in [-0.2, 0) is 0 Å². The zero-order valence-corrected chi connectivity index (χ0v) is 12.7. The number of rotatable bonds is 3. The highest BCUT2D eigenvalue weighted by Crippen LogP contribution is 2.21. The van der Waals surface area contributed by atoms with Crippen molar-refractivity contribution in [3.8, 4) is 0 Å². The average molecular weight is 288 g/mol. The van der Waals surface area contributed by atoms with Crippen LogP contribution < -0.4 is 10.7 Å². The Morgan fingerprint density at radius 1 is 1.19 bits per heavy atom. The highest BCUT2D eigenvalue weighted by atomic mass is 16.3. The van der Waals surface area contributed by atoms with Crippen LogP contribution in [0.2, 0.25) is 0 Å². The number of para-hydroxylation sites is 1. The Bertz CT molecular complexity index is 739. The van der Waals surface area contributed by atoms with E-state index >= 15 is 0 Å². The topological polar surface area (TPSA) is 82.2 Å². The molecule has 21 heavy (non-hydrogen) atoms. The maximum absolute atomic E-state index is 12.3. The molecule has 0 aliphatic heterocycles. The molecule has 5 nitrogen and oxygen atoms in total. The Hall–Kier alpha value is -2.14. The van der Waals surface area contributed by atoms with Crippen LogP contribution >= 0.6 is 0 Å². The van der Waals surface area contributed by atoms with Crippen molar-refractivity contribution in [1.29, 1.82) is 0 Å². The lowest BCUT2D eigenvalue weighted by Gasteiger charge is -2.37. The fraction of sp³-hybridized carbons (Fsp3) is 0.375. The molecule has 0 bridgehead atoms. The van der Waals surface area contributed by atoms with Gasteiger partial charge in [-0.05, 0) is 39.8 Å². The normalized spacial score (nSPS) is 12.4. The third-order valence-electron chi connectivity index (χ3n) is 3.94. The van der Waals surface area contributed by atoms with Crippen LogP contribution in [-0.4, -0.2) is 27.1 Å². The lowest BCUT2D eigenvalue weighted by atomic mass is 9.86. The Morgan fingerprint density at radius 2 is 1.81 bits per heavy atom. The predicted octanol–water partition coefficient (Wildman–Crippen LogP) is 1.81. The van der Waals surface area contributed by atoms with Crippen LogP contribution in [0, 0.1) is 0 Å². The summed E-state index contributed by atoms with van der Waals surface area (Å²) in [6.07, 6.45) is 0. The van der Waals surface area contributed by atoms with Gasteiger partial charge in [0.05, 0.1) is 11.1 Å². The first-order valence-electron chi connectivity index (χ1n) is 6.79. The minimum Gasteiger partial charge on any atom is -0.388 e. The van der Waals surface area contributed by atoms with Crippen LogP contribution in [0.3, 0.4) is 0 Å². The van der Waals surface area contributed by atoms with Crippen molar-refractivity contribution in [2.45, 2.75) is 38.8 Å². The fourth-order valence-electron chi connectivity index (χ4n) is 1.82. The summed E-state index contributed by atoms with van der Waals surface area (Å²) in [5, 5.41) is 13.4. The van der Waals surface area contributed by atoms with Gasteiger partial charge in [0.1, 0.15) is 5.69 Å². The van der Waals surface area contributed by atoms with Crippen LogP contribution in [0.25, 0.3) is 10.9 Å². The van der Waals surface area contributed by atoms with Crippen molar-refractivity contribution in [1.82, 2.24) is 10.3 Å². The number of fused-ring (bicyclic) bond motifs is 1. The molecule has 2 aromatic rings. The third kappa shape index (κ3) is 2.97. The van der Waals surface area contributed by atoms with Gasteiger partial charge < -0.3 is 15.4 Å². The molecular weight excluding hydrogens is 268 g/mol. The van der Waals surface area contributed by atoms with Crippen molar-refractivity contribution < 1.29 is 9.90 Å². The van der Waals surface area contributed by atoms with E-state index in [1.54, 1.807) is 52.0 Å². The summed E-state index contributed by atoms with van der Waals surface area (Å²) in [6.45, 7) is 6.70. The molecule has 3 N–H and O–H groups in total. The van der Waals surface area contributed by atoms with Crippen molar-refractivity contribution in [3.63, 3.8) is 0 Å². The number of hydrogen-bond donors (Lipinski definition) is 3. The van der Waals surface area contributed by atoms with Gasteiger partial charge in [-0.15, -0.1) is 0 Å². The highest BCUT2D eigenvalue weighted by Gasteiger charge is 2.36. The summed E-state index contributed by atoms with van der Waals surface area (Å²) in [6, 6.07) is 8.29. The van der Waals surface area contributed by atoms with E-state index in [0.717, 1.165) is 0 Å². The number of carbonyl (C=O) groups is 1. The van der Waals surface area contributed by atoms with Gasteiger partial charge in [0, 0.05) is 17.0 Å². The first kappa shape index (κ1) is 15.3. The molecule has 5 heteroatoms. The number of H-pyrrole nitrogens is 1. The van der Waals surface area contributed by atoms with Crippen LogP contribution in [0.5, 0.6) is 0 Å². The van der Waals surface area contributed by atoms with Gasteiger partial charge in [0.15, 0.2) is 5.43 Å². The van der Waals surface area contributed by atoms with Crippen molar-refractivity contribution in [2.75, 3.05) is 0 Å². The quantitative estimate of drug-likeness (QED) is 0.805. The van der Waals surface area contributed by atoms with Gasteiger partial charge in [0.25, 0.3) is 5.91 Å². The van der Waals surface area contributed by atoms with E-state index in [0.29, 0.717) is 10.9 Å². The van der Waals surface area contributed by atoms with E-state index in [1.165, 1.54) is 6.07 Å². The summed E-state index contributed by atoms with van der Waals surface area (Å²) >= 11 is 0. The van der Waals surface area contributed by atoms with E-state index in [-0.39, 0.29) is 11.1 Å². The minimum atomic E-state index is -1.10. The standard InChI is InChI=1S/C16H20N2O3/c1-15(2,16(3,4)21)18-14(20)12-9-13(19)10-7-5-6-8-11(10)17-12/h5-9,21H,1-4H3,(H,17,19)(H,18,20). The van der Waals surface area contributed by atoms with Crippen molar-refractivity contribution >= 4 is 16.8 Å². The molecule has 0 radical (unpaired) electrons. The SMILES string of the molecule is CC(C)(O)C(C)(C)NC(=O)c1cc(=O)c2ccccc2[nH]1. The number of amides is 1. The fourth-order valence-corrected chi connectivity index (χ4v) is 1.82. The molecule has 0 aliphatic rings. The van der Waals surface area contributed by atoms with E-state index in [9.17, 15) is 14.7 Å². The molecule has 1 aromatic heterocycles. The Labute approximate surface area is 123 Å². The monoisotopic (exact) mass is 288 g/mol. The molecular formula is C16H20N2O3. The zero-order chi connectivity index (χ0) is 15.8. The van der Waals surface area contributed by atoms with E-state index in [1.807, 2.05) is 0 Å². The lowest BCUT2D eigenvalue weighted by Crippen LogP contribution is -2.57. The number of pyridine rings is 1. The van der Waals surface area contributed by atoms with Crippen molar-refractivity contribution in [3.05, 3.63) is 46.2 Å². The minimum absolute atomic E-state index is 0.177. The first-order chi connectivity index (χ1) is 9.62. The second-order valence-electron chi connectivity index (χ2n) is 6.23. The molecule has 0 fully saturated rings. The number of aliphatic hydroxyl groups is 1. The van der Waals surface area contributed by atoms with E-state index in [4.69, 9.17) is 0 Å². The van der Waals surface area contributed by atoms with Gasteiger partial charge >= 0.3 is 0 Å². The van der Waals surface area contributed by atoms with Gasteiger partial charge in [0.2, 0.25) is 0 Å². The molecule has 1 aromatic carbocycles. The zero-order valence-electron chi connectivity index (χ0n) is 12.7. The highest BCUT2D eigenvalue weighted by molar-refractivity contribution is 5.95. The predicted molar refractivity (Wildman–Crippen MR) is 82.4 cm³/mol. The van der Waals surface area contributed by atoms with Crippen LogP contribution in [0.1, 0.15) is 38.2 Å². The summed E-state index contributed by atoms with van der Waals surface area (Å²) in [5.74, 6) is -0.426. The van der Waals surface area contributed by atoms with Crippen LogP contribution in [0.15, 0.2) is 35.1 Å². The molecule has 0 aliphatic carbocycles. The van der Waals surface area contributed by atoms with Gasteiger partial charge in [-0.1, -0.05) is 12.1 Å². The largest absolute Gasteiger partial charge is 0.388 e. The van der Waals surface area contributed by atoms with E-state index in [2.05, 4.69) is 10.3 Å². The number of carbonyl (C=O) groups excluding carboxylic acids is 1. The molecule has 0 saturated heterocycles.